The van der Waals surface area contributed by atoms with Crippen molar-refractivity contribution in [3.05, 3.63) is 76.9 Å². The smallest absolute Gasteiger partial charge is 0.407 e. The summed E-state index contributed by atoms with van der Waals surface area (Å²) >= 11 is 0. The molecule has 1 amide bonds. The number of nitrogens with one attached hydrogen (secondary N) is 1. The van der Waals surface area contributed by atoms with Gasteiger partial charge in [0.05, 0.1) is 25.4 Å². The number of ether oxygens (including phenoxy) is 1. The van der Waals surface area contributed by atoms with Crippen LogP contribution in [-0.4, -0.2) is 57.2 Å². The molecular weight excluding hydrogens is 458 g/mol. The summed E-state index contributed by atoms with van der Waals surface area (Å²) in [6, 6.07) is 11.3. The maximum absolute atomic E-state index is 11.7. The van der Waals surface area contributed by atoms with Gasteiger partial charge in [-0.2, -0.15) is 0 Å². The minimum atomic E-state index is -0.867. The van der Waals surface area contributed by atoms with Crippen LogP contribution in [0.4, 0.5) is 16.4 Å². The first kappa shape index (κ1) is 24.7. The third-order valence-corrected chi connectivity index (χ3v) is 6.09. The Morgan fingerprint density at radius 2 is 1.89 bits per heavy atom. The predicted octanol–water partition coefficient (Wildman–Crippen LogP) is 3.90. The number of pyridine rings is 1. The molecule has 1 fully saturated rings. The van der Waals surface area contributed by atoms with E-state index in [-0.39, 0.29) is 18.3 Å². The number of esters is 1. The van der Waals surface area contributed by atoms with Crippen molar-refractivity contribution in [2.45, 2.75) is 32.1 Å². The number of nitrogens with zero attached hydrogens (tertiary/aromatic N) is 4. The van der Waals surface area contributed by atoms with Crippen molar-refractivity contribution in [1.29, 1.82) is 0 Å². The zero-order valence-electron chi connectivity index (χ0n) is 20.2. The molecule has 0 atom stereocenters. The van der Waals surface area contributed by atoms with E-state index in [1.54, 1.807) is 12.4 Å². The van der Waals surface area contributed by atoms with Gasteiger partial charge in [0.2, 0.25) is 5.95 Å². The van der Waals surface area contributed by atoms with Gasteiger partial charge in [0.1, 0.15) is 5.69 Å². The molecule has 0 saturated carbocycles. The number of rotatable bonds is 5. The lowest BCUT2D eigenvalue weighted by molar-refractivity contribution is -0.139. The molecule has 9 heteroatoms. The van der Waals surface area contributed by atoms with Crippen LogP contribution in [0.1, 0.15) is 46.8 Å². The van der Waals surface area contributed by atoms with Gasteiger partial charge in [0.25, 0.3) is 0 Å². The van der Waals surface area contributed by atoms with Crippen molar-refractivity contribution < 1.29 is 19.4 Å². The number of aryl methyl sites for hydroxylation is 1. The van der Waals surface area contributed by atoms with Gasteiger partial charge in [0.15, 0.2) is 0 Å². The Hall–Kier alpha value is -4.45. The second kappa shape index (κ2) is 11.3. The average Bonchev–Trinajstić information content (AvgIpc) is 2.90. The average molecular weight is 486 g/mol. The molecule has 0 bridgehead atoms. The number of hydrogen-bond donors (Lipinski definition) is 2. The maximum Gasteiger partial charge on any atom is 0.407 e. The normalized spacial score (nSPS) is 13.4. The molecule has 2 N–H and O–H groups in total. The monoisotopic (exact) mass is 485 g/mol. The molecule has 0 spiro atoms. The van der Waals surface area contributed by atoms with Crippen molar-refractivity contribution in [3.8, 4) is 11.8 Å². The van der Waals surface area contributed by atoms with E-state index in [2.05, 4.69) is 32.1 Å². The lowest BCUT2D eigenvalue weighted by Crippen LogP contribution is -2.36. The van der Waals surface area contributed by atoms with Crippen LogP contribution in [0.2, 0.25) is 0 Å². The molecule has 4 rings (SSSR count). The Morgan fingerprint density at radius 1 is 1.11 bits per heavy atom. The van der Waals surface area contributed by atoms with E-state index in [0.29, 0.717) is 24.7 Å². The largest absolute Gasteiger partial charge is 0.469 e. The van der Waals surface area contributed by atoms with Gasteiger partial charge in [-0.1, -0.05) is 24.1 Å². The Morgan fingerprint density at radius 3 is 2.58 bits per heavy atom. The van der Waals surface area contributed by atoms with Crippen molar-refractivity contribution >= 4 is 23.7 Å². The van der Waals surface area contributed by atoms with Crippen LogP contribution < -0.4 is 5.32 Å². The van der Waals surface area contributed by atoms with Crippen molar-refractivity contribution in [3.63, 3.8) is 0 Å². The molecule has 36 heavy (non-hydrogen) atoms. The standard InChI is InChI=1S/C27H27N5O4/c1-18-16-29-26(31-23(18)9-7-19-5-3-4-6-21(19)15-25(33)36-2)30-22-8-10-24(28-17-22)20-11-13-32(14-12-20)27(34)35/h3-6,8,10,16-17,20H,11-15H2,1-2H3,(H,34,35)(H,29,30,31). The molecule has 3 aromatic rings. The number of carbonyl (C=O) groups is 2. The van der Waals surface area contributed by atoms with Crippen LogP contribution in [0.3, 0.4) is 0 Å². The summed E-state index contributed by atoms with van der Waals surface area (Å²) in [7, 11) is 1.36. The molecule has 0 aliphatic carbocycles. The Labute approximate surface area is 209 Å². The van der Waals surface area contributed by atoms with E-state index in [4.69, 9.17) is 9.84 Å². The first-order valence-corrected chi connectivity index (χ1v) is 11.6. The SMILES string of the molecule is COC(=O)Cc1ccccc1C#Cc1nc(Nc2ccc(C3CCN(C(=O)O)CC3)nc2)ncc1C. The predicted molar refractivity (Wildman–Crippen MR) is 134 cm³/mol. The highest BCUT2D eigenvalue weighted by Gasteiger charge is 2.24. The van der Waals surface area contributed by atoms with E-state index in [1.807, 2.05) is 43.3 Å². The minimum Gasteiger partial charge on any atom is -0.469 e. The summed E-state index contributed by atoms with van der Waals surface area (Å²) in [5.41, 5.74) is 4.64. The number of carbonyl (C=O) groups excluding carboxylic acids is 1. The fourth-order valence-corrected chi connectivity index (χ4v) is 4.00. The van der Waals surface area contributed by atoms with Crippen molar-refractivity contribution in [2.24, 2.45) is 0 Å². The number of likely N-dealkylation sites (tertiary alicyclic amines) is 1. The van der Waals surface area contributed by atoms with E-state index in [9.17, 15) is 9.59 Å². The Balaban J connectivity index is 1.45. The molecule has 184 valence electrons. The van der Waals surface area contributed by atoms with Gasteiger partial charge in [-0.05, 0) is 49.4 Å². The molecule has 1 aliphatic rings. The highest BCUT2D eigenvalue weighted by Crippen LogP contribution is 2.27. The minimum absolute atomic E-state index is 0.151. The maximum atomic E-state index is 11.7. The summed E-state index contributed by atoms with van der Waals surface area (Å²) < 4.78 is 4.77. The van der Waals surface area contributed by atoms with Crippen molar-refractivity contribution in [1.82, 2.24) is 19.9 Å². The van der Waals surface area contributed by atoms with Crippen LogP contribution >= 0.6 is 0 Å². The summed E-state index contributed by atoms with van der Waals surface area (Å²) in [5, 5.41) is 12.3. The zero-order chi connectivity index (χ0) is 25.5. The second-order valence-electron chi connectivity index (χ2n) is 8.53. The number of amides is 1. The van der Waals surface area contributed by atoms with Crippen molar-refractivity contribution in [2.75, 3.05) is 25.5 Å². The third-order valence-electron chi connectivity index (χ3n) is 6.09. The zero-order valence-corrected chi connectivity index (χ0v) is 20.2. The fourth-order valence-electron chi connectivity index (χ4n) is 4.00. The van der Waals surface area contributed by atoms with Crippen LogP contribution in [0.25, 0.3) is 0 Å². The van der Waals surface area contributed by atoms with E-state index in [1.165, 1.54) is 12.0 Å². The van der Waals surface area contributed by atoms with E-state index < -0.39 is 6.09 Å². The number of hydrogen-bond acceptors (Lipinski definition) is 7. The van der Waals surface area contributed by atoms with Crippen LogP contribution in [-0.2, 0) is 16.0 Å². The Kier molecular flexibility index (Phi) is 7.75. The van der Waals surface area contributed by atoms with Gasteiger partial charge in [0, 0.05) is 42.0 Å². The molecule has 1 saturated heterocycles. The second-order valence-corrected chi connectivity index (χ2v) is 8.53. The fraction of sp³-hybridized carbons (Fsp3) is 0.296. The number of methoxy groups -OCH3 is 1. The highest BCUT2D eigenvalue weighted by atomic mass is 16.5. The Bertz CT molecular complexity index is 1310. The topological polar surface area (TPSA) is 118 Å². The summed E-state index contributed by atoms with van der Waals surface area (Å²) in [6.07, 6.45) is 4.25. The molecule has 0 radical (unpaired) electrons. The van der Waals surface area contributed by atoms with Gasteiger partial charge in [-0.25, -0.2) is 14.8 Å². The third kappa shape index (κ3) is 6.16. The van der Waals surface area contributed by atoms with E-state index in [0.717, 1.165) is 40.9 Å². The lowest BCUT2D eigenvalue weighted by atomic mass is 9.93. The first-order chi connectivity index (χ1) is 17.4. The van der Waals surface area contributed by atoms with Crippen LogP contribution in [0.5, 0.6) is 0 Å². The van der Waals surface area contributed by atoms with Crippen LogP contribution in [0, 0.1) is 18.8 Å². The lowest BCUT2D eigenvalue weighted by Gasteiger charge is -2.29. The molecular formula is C27H27N5O4. The molecule has 9 nitrogen and oxygen atoms in total. The molecule has 1 aliphatic heterocycles. The molecule has 0 unspecified atom stereocenters. The molecule has 3 heterocycles. The van der Waals surface area contributed by atoms with Gasteiger partial charge in [-0.15, -0.1) is 0 Å². The first-order valence-electron chi connectivity index (χ1n) is 11.6. The van der Waals surface area contributed by atoms with Gasteiger partial charge < -0.3 is 20.1 Å². The molecule has 1 aromatic carbocycles. The quantitative estimate of drug-likeness (QED) is 0.413. The molecule has 2 aromatic heterocycles. The summed E-state index contributed by atoms with van der Waals surface area (Å²) in [4.78, 5) is 37.7. The number of carboxylic acid groups (broad SMARTS) is 1. The summed E-state index contributed by atoms with van der Waals surface area (Å²) in [5.74, 6) is 6.54. The number of anilines is 2. The van der Waals surface area contributed by atoms with Crippen LogP contribution in [0.15, 0.2) is 48.8 Å². The van der Waals surface area contributed by atoms with Gasteiger partial charge >= 0.3 is 12.1 Å². The summed E-state index contributed by atoms with van der Waals surface area (Å²) in [6.45, 7) is 2.94. The number of benzene rings is 1. The van der Waals surface area contributed by atoms with Gasteiger partial charge in [-0.3, -0.25) is 9.78 Å². The van der Waals surface area contributed by atoms with E-state index >= 15 is 0 Å². The number of aromatic nitrogens is 3. The number of piperidine rings is 1. The highest BCUT2D eigenvalue weighted by molar-refractivity contribution is 5.73.